The number of nitrogens with zero attached hydrogens (tertiary/aromatic N) is 2. The van der Waals surface area contributed by atoms with E-state index in [4.69, 9.17) is 27.9 Å². The molecule has 0 spiro atoms. The molecule has 2 heterocycles. The van der Waals surface area contributed by atoms with Gasteiger partial charge in [0.25, 0.3) is 0 Å². The molecule has 0 amide bonds. The van der Waals surface area contributed by atoms with Gasteiger partial charge in [0, 0.05) is 13.1 Å². The molecule has 10 heteroatoms. The molecule has 1 atom stereocenters. The third-order valence-electron chi connectivity index (χ3n) is 4.40. The first kappa shape index (κ1) is 21.0. The maximum atomic E-state index is 13.1. The Morgan fingerprint density at radius 2 is 1.93 bits per heavy atom. The predicted molar refractivity (Wildman–Crippen MR) is 102 cm³/mol. The predicted octanol–water partition coefficient (Wildman–Crippen LogP) is 3.67. The number of carbonyl (C=O) groups excluding carboxylic acids is 1. The molecule has 0 N–H and O–H groups in total. The number of sulfonamides is 1. The summed E-state index contributed by atoms with van der Waals surface area (Å²) in [5.41, 5.74) is 0.328. The van der Waals surface area contributed by atoms with Gasteiger partial charge in [-0.2, -0.15) is 4.31 Å². The Balaban J connectivity index is 1.66. The zero-order valence-corrected chi connectivity index (χ0v) is 17.0. The van der Waals surface area contributed by atoms with E-state index in [1.54, 1.807) is 6.07 Å². The number of esters is 1. The molecule has 1 aliphatic heterocycles. The van der Waals surface area contributed by atoms with Crippen LogP contribution < -0.4 is 0 Å². The highest BCUT2D eigenvalue weighted by Gasteiger charge is 2.34. The Labute approximate surface area is 172 Å². The van der Waals surface area contributed by atoms with Crippen molar-refractivity contribution in [3.63, 3.8) is 0 Å². The fraction of sp³-hybridized carbons (Fsp3) is 0.333. The molecule has 0 saturated carbocycles. The summed E-state index contributed by atoms with van der Waals surface area (Å²) in [6.45, 7) is 0.125. The van der Waals surface area contributed by atoms with E-state index >= 15 is 0 Å². The first-order chi connectivity index (χ1) is 13.3. The molecule has 6 nitrogen and oxygen atoms in total. The first-order valence-corrected chi connectivity index (χ1v) is 10.7. The van der Waals surface area contributed by atoms with Crippen molar-refractivity contribution in [3.8, 4) is 0 Å². The average Bonchev–Trinajstić information content (AvgIpc) is 2.69. The summed E-state index contributed by atoms with van der Waals surface area (Å²) < 4.78 is 45.0. The van der Waals surface area contributed by atoms with Crippen molar-refractivity contribution in [2.75, 3.05) is 13.1 Å². The second kappa shape index (κ2) is 8.73. The van der Waals surface area contributed by atoms with E-state index in [-0.39, 0.29) is 29.7 Å². The van der Waals surface area contributed by atoms with Gasteiger partial charge >= 0.3 is 5.97 Å². The molecule has 0 bridgehead atoms. The summed E-state index contributed by atoms with van der Waals surface area (Å²) in [4.78, 5) is 16.4. The highest BCUT2D eigenvalue weighted by Crippen LogP contribution is 2.25. The molecule has 0 radical (unpaired) electrons. The minimum absolute atomic E-state index is 0.00471. The zero-order chi connectivity index (χ0) is 20.3. The van der Waals surface area contributed by atoms with Gasteiger partial charge in [-0.25, -0.2) is 17.8 Å². The average molecular weight is 447 g/mol. The van der Waals surface area contributed by atoms with Crippen LogP contribution in [0.15, 0.2) is 41.3 Å². The molecule has 1 aromatic carbocycles. The number of hydrogen-bond acceptors (Lipinski definition) is 5. The number of halogens is 3. The topological polar surface area (TPSA) is 76.6 Å². The van der Waals surface area contributed by atoms with Gasteiger partial charge < -0.3 is 4.74 Å². The minimum atomic E-state index is -3.82. The highest BCUT2D eigenvalue weighted by atomic mass is 35.5. The molecular weight excluding hydrogens is 430 g/mol. The van der Waals surface area contributed by atoms with Crippen molar-refractivity contribution >= 4 is 39.2 Å². The number of benzene rings is 1. The van der Waals surface area contributed by atoms with E-state index in [1.165, 1.54) is 22.5 Å². The third-order valence-corrected chi connectivity index (χ3v) is 6.84. The summed E-state index contributed by atoms with van der Waals surface area (Å²) in [6.07, 6.45) is 1.02. The maximum absolute atomic E-state index is 13.1. The van der Waals surface area contributed by atoms with Crippen molar-refractivity contribution in [2.45, 2.75) is 24.3 Å². The molecule has 1 aromatic heterocycles. The van der Waals surface area contributed by atoms with Gasteiger partial charge in [-0.1, -0.05) is 23.2 Å². The third kappa shape index (κ3) is 4.81. The van der Waals surface area contributed by atoms with Crippen LogP contribution in [0.3, 0.4) is 0 Å². The van der Waals surface area contributed by atoms with E-state index in [0.29, 0.717) is 23.6 Å². The van der Waals surface area contributed by atoms with Gasteiger partial charge in [0.2, 0.25) is 10.0 Å². The highest BCUT2D eigenvalue weighted by molar-refractivity contribution is 7.89. The van der Waals surface area contributed by atoms with Crippen LogP contribution in [0.2, 0.25) is 10.2 Å². The van der Waals surface area contributed by atoms with Crippen LogP contribution in [0.1, 0.15) is 18.5 Å². The quantitative estimate of drug-likeness (QED) is 0.517. The molecule has 28 heavy (non-hydrogen) atoms. The van der Waals surface area contributed by atoms with E-state index in [0.717, 1.165) is 12.1 Å². The molecular formula is C18H17Cl2FN2O4S. The molecule has 3 rings (SSSR count). The fourth-order valence-corrected chi connectivity index (χ4v) is 4.77. The van der Waals surface area contributed by atoms with Gasteiger partial charge in [-0.05, 0) is 49.2 Å². The monoisotopic (exact) mass is 446 g/mol. The van der Waals surface area contributed by atoms with Crippen molar-refractivity contribution in [1.29, 1.82) is 0 Å². The maximum Gasteiger partial charge on any atom is 0.310 e. The van der Waals surface area contributed by atoms with Crippen molar-refractivity contribution < 1.29 is 22.3 Å². The Morgan fingerprint density at radius 3 is 2.64 bits per heavy atom. The van der Waals surface area contributed by atoms with Gasteiger partial charge in [0.05, 0.1) is 21.5 Å². The second-order valence-electron chi connectivity index (χ2n) is 6.33. The summed E-state index contributed by atoms with van der Waals surface area (Å²) >= 11 is 11.8. The minimum Gasteiger partial charge on any atom is -0.459 e. The van der Waals surface area contributed by atoms with Gasteiger partial charge in [-0.3, -0.25) is 4.79 Å². The number of carbonyl (C=O) groups is 1. The van der Waals surface area contributed by atoms with Crippen molar-refractivity contribution in [1.82, 2.24) is 9.29 Å². The molecule has 0 aliphatic carbocycles. The van der Waals surface area contributed by atoms with Crippen LogP contribution in [0.25, 0.3) is 0 Å². The van der Waals surface area contributed by atoms with E-state index in [9.17, 15) is 17.6 Å². The lowest BCUT2D eigenvalue weighted by Crippen LogP contribution is -2.42. The number of ether oxygens (including phenoxy) is 1. The van der Waals surface area contributed by atoms with Crippen molar-refractivity contribution in [3.05, 3.63) is 58.1 Å². The Kier molecular flexibility index (Phi) is 6.54. The summed E-state index contributed by atoms with van der Waals surface area (Å²) in [5, 5.41) is 0.547. The van der Waals surface area contributed by atoms with Crippen LogP contribution in [-0.4, -0.2) is 36.8 Å². The van der Waals surface area contributed by atoms with Crippen LogP contribution >= 0.6 is 23.2 Å². The lowest BCUT2D eigenvalue weighted by atomic mass is 10.00. The van der Waals surface area contributed by atoms with Crippen LogP contribution in [0.5, 0.6) is 0 Å². The molecule has 2 aromatic rings. The fourth-order valence-electron chi connectivity index (χ4n) is 2.93. The Morgan fingerprint density at radius 1 is 1.21 bits per heavy atom. The Hall–Kier alpha value is -1.74. The van der Waals surface area contributed by atoms with Gasteiger partial charge in [0.15, 0.2) is 0 Å². The second-order valence-corrected chi connectivity index (χ2v) is 9.06. The molecule has 1 aliphatic rings. The Bertz CT molecular complexity index is 970. The van der Waals surface area contributed by atoms with E-state index < -0.39 is 27.7 Å². The lowest BCUT2D eigenvalue weighted by Gasteiger charge is -2.30. The van der Waals surface area contributed by atoms with Crippen LogP contribution in [-0.2, 0) is 26.2 Å². The van der Waals surface area contributed by atoms with Crippen LogP contribution in [0.4, 0.5) is 4.39 Å². The summed E-state index contributed by atoms with van der Waals surface area (Å²) in [7, 11) is -3.82. The zero-order valence-electron chi connectivity index (χ0n) is 14.6. The molecule has 1 unspecified atom stereocenters. The number of aromatic nitrogens is 1. The van der Waals surface area contributed by atoms with Crippen molar-refractivity contribution in [2.24, 2.45) is 5.92 Å². The summed E-state index contributed by atoms with van der Waals surface area (Å²) in [6, 6.07) is 7.67. The van der Waals surface area contributed by atoms with Gasteiger partial charge in [-0.15, -0.1) is 0 Å². The van der Waals surface area contributed by atoms with E-state index in [1.807, 2.05) is 0 Å². The normalized spacial score (nSPS) is 18.0. The number of rotatable bonds is 5. The van der Waals surface area contributed by atoms with Gasteiger partial charge in [0.1, 0.15) is 17.6 Å². The van der Waals surface area contributed by atoms with E-state index in [2.05, 4.69) is 4.98 Å². The largest absolute Gasteiger partial charge is 0.459 e. The lowest BCUT2D eigenvalue weighted by molar-refractivity contribution is -0.151. The SMILES string of the molecule is O=C(OCc1nc(Cl)ccc1Cl)C1CCCN(S(=O)(=O)c2ccc(F)cc2)C1. The molecule has 1 fully saturated rings. The number of pyridine rings is 1. The molecule has 1 saturated heterocycles. The smallest absolute Gasteiger partial charge is 0.310 e. The number of piperidine rings is 1. The first-order valence-electron chi connectivity index (χ1n) is 8.50. The molecule has 150 valence electrons. The van der Waals surface area contributed by atoms with Crippen LogP contribution in [0, 0.1) is 11.7 Å². The standard InChI is InChI=1S/C18H17Cl2FN2O4S/c19-15-7-8-17(20)22-16(15)11-27-18(24)12-2-1-9-23(10-12)28(25,26)14-5-3-13(21)4-6-14/h3-8,12H,1-2,9-11H2. The summed E-state index contributed by atoms with van der Waals surface area (Å²) in [5.74, 6) is -1.66. The number of hydrogen-bond donors (Lipinski definition) is 0.